The van der Waals surface area contributed by atoms with E-state index >= 15 is 0 Å². The Balaban J connectivity index is 4.25. The number of phosphoric acid groups is 1. The topological polar surface area (TPSA) is 91.3 Å². The molecule has 0 aromatic rings. The Hall–Kier alpha value is -2.06. The molecule has 0 rings (SSSR count). The van der Waals surface area contributed by atoms with E-state index in [1.807, 2.05) is 21.1 Å². The van der Waals surface area contributed by atoms with Crippen molar-refractivity contribution >= 4 is 13.8 Å². The Morgan fingerprint density at radius 3 is 1.44 bits per heavy atom. The Kier molecular flexibility index (Phi) is 43.0. The van der Waals surface area contributed by atoms with Crippen molar-refractivity contribution in [3.63, 3.8) is 0 Å². The van der Waals surface area contributed by atoms with Crippen LogP contribution >= 0.6 is 7.82 Å². The molecule has 0 aliphatic rings. The third-order valence-corrected chi connectivity index (χ3v) is 11.2. The van der Waals surface area contributed by atoms with Crippen LogP contribution in [0.3, 0.4) is 0 Å². The zero-order valence-corrected chi connectivity index (χ0v) is 41.0. The fourth-order valence-electron chi connectivity index (χ4n) is 6.46. The third kappa shape index (κ3) is 48.8. The molecule has 0 saturated carbocycles. The summed E-state index contributed by atoms with van der Waals surface area (Å²) >= 11 is 0. The van der Waals surface area contributed by atoms with Crippen molar-refractivity contribution in [2.45, 2.75) is 200 Å². The Bertz CT molecular complexity index is 1200. The SMILES string of the molecule is CC/C=C\C/C=C\C/C=C\C/C=C\C/C=C\CCCCOCC(COP(=O)(O)OCC[N+](C)(C)C)OC(=O)CCCCCCCCCCC/C=C\CCCCCCCCCC. The van der Waals surface area contributed by atoms with Gasteiger partial charge in [-0.25, -0.2) is 4.57 Å². The summed E-state index contributed by atoms with van der Waals surface area (Å²) in [5.74, 6) is -0.332. The number of phosphoric ester groups is 1. The minimum atomic E-state index is -4.30. The number of esters is 1. The van der Waals surface area contributed by atoms with Gasteiger partial charge in [0.05, 0.1) is 34.4 Å². The van der Waals surface area contributed by atoms with Crippen LogP contribution in [0.25, 0.3) is 0 Å². The van der Waals surface area contributed by atoms with E-state index in [4.69, 9.17) is 18.5 Å². The molecule has 1 N–H and O–H groups in total. The van der Waals surface area contributed by atoms with Gasteiger partial charge >= 0.3 is 13.8 Å². The number of allylic oxidation sites excluding steroid dienone is 12. The number of nitrogens with zero attached hydrogens (tertiary/aromatic N) is 1. The number of hydrogen-bond donors (Lipinski definition) is 1. The Morgan fingerprint density at radius 2 is 0.951 bits per heavy atom. The fourth-order valence-corrected chi connectivity index (χ4v) is 7.20. The number of unbranched alkanes of at least 4 members (excludes halogenated alkanes) is 19. The summed E-state index contributed by atoms with van der Waals surface area (Å²) in [4.78, 5) is 23.0. The van der Waals surface area contributed by atoms with Gasteiger partial charge in [0.25, 0.3) is 0 Å². The molecule has 0 heterocycles. The van der Waals surface area contributed by atoms with E-state index in [0.717, 1.165) is 70.6 Å². The van der Waals surface area contributed by atoms with Gasteiger partial charge < -0.3 is 18.9 Å². The molecule has 8 nitrogen and oxygen atoms in total. The summed E-state index contributed by atoms with van der Waals surface area (Å²) in [6.07, 6.45) is 58.1. The summed E-state index contributed by atoms with van der Waals surface area (Å²) in [6, 6.07) is 0. The molecule has 9 heteroatoms. The molecule has 0 bridgehead atoms. The first kappa shape index (κ1) is 58.9. The van der Waals surface area contributed by atoms with Crippen LogP contribution in [0.4, 0.5) is 0 Å². The molecule has 354 valence electrons. The van der Waals surface area contributed by atoms with E-state index < -0.39 is 13.9 Å². The zero-order chi connectivity index (χ0) is 44.8. The van der Waals surface area contributed by atoms with Crippen LogP contribution in [0.1, 0.15) is 194 Å². The molecule has 0 saturated heterocycles. The molecule has 2 atom stereocenters. The molecule has 0 fully saturated rings. The summed E-state index contributed by atoms with van der Waals surface area (Å²) in [5.41, 5.74) is 0. The van der Waals surface area contributed by atoms with Crippen molar-refractivity contribution in [2.75, 3.05) is 54.1 Å². The highest BCUT2D eigenvalue weighted by Gasteiger charge is 2.26. The standard InChI is InChI=1S/C52H94NO7P/c1-6-8-10-12-14-16-18-20-22-24-26-27-28-29-31-33-35-37-39-41-43-45-52(54)60-51(50-59-61(55,56)58-48-46-53(3,4)5)49-57-47-44-42-40-38-36-34-32-30-25-23-21-19-17-15-13-11-9-7-2/h9,11,15,17,21,23-24,26,30,32,36,38,51H,6-8,10,12-14,16,18-20,22,25,27-29,31,33-35,37,39-50H2,1-5H3/p+1/b11-9-,17-15-,23-21-,26-24-,32-30-,38-36-. The number of rotatable bonds is 45. The van der Waals surface area contributed by atoms with Gasteiger partial charge in [-0.15, -0.1) is 0 Å². The average molecular weight is 877 g/mol. The molecule has 0 radical (unpaired) electrons. The highest BCUT2D eigenvalue weighted by atomic mass is 31.2. The molecule has 0 amide bonds. The predicted molar refractivity (Wildman–Crippen MR) is 261 cm³/mol. The second-order valence-corrected chi connectivity index (χ2v) is 18.9. The summed E-state index contributed by atoms with van der Waals surface area (Å²) in [5, 5.41) is 0. The molecule has 0 aliphatic heterocycles. The molecular formula is C52H95NO7P+. The number of hydrogen-bond acceptors (Lipinski definition) is 6. The first-order valence-corrected chi connectivity index (χ1v) is 26.2. The van der Waals surface area contributed by atoms with Gasteiger partial charge in [-0.05, 0) is 83.5 Å². The number of likely N-dealkylation sites (N-methyl/N-ethyl adjacent to an activating group) is 1. The lowest BCUT2D eigenvalue weighted by atomic mass is 10.1. The molecule has 0 spiro atoms. The lowest BCUT2D eigenvalue weighted by molar-refractivity contribution is -0.870. The van der Waals surface area contributed by atoms with Crippen molar-refractivity contribution < 1.29 is 37.3 Å². The maximum atomic E-state index is 12.7. The number of carbonyl (C=O) groups excluding carboxylic acids is 1. The van der Waals surface area contributed by atoms with Crippen molar-refractivity contribution in [1.29, 1.82) is 0 Å². The van der Waals surface area contributed by atoms with Crippen LogP contribution in [0.15, 0.2) is 72.9 Å². The largest absolute Gasteiger partial charge is 0.472 e. The van der Waals surface area contributed by atoms with Crippen molar-refractivity contribution in [3.8, 4) is 0 Å². The van der Waals surface area contributed by atoms with Crippen LogP contribution in [0, 0.1) is 0 Å². The predicted octanol–water partition coefficient (Wildman–Crippen LogP) is 15.1. The maximum Gasteiger partial charge on any atom is 0.472 e. The third-order valence-electron chi connectivity index (χ3n) is 10.3. The second-order valence-electron chi connectivity index (χ2n) is 17.5. The molecule has 0 aromatic heterocycles. The Labute approximate surface area is 376 Å². The van der Waals surface area contributed by atoms with Crippen molar-refractivity contribution in [3.05, 3.63) is 72.9 Å². The van der Waals surface area contributed by atoms with Crippen LogP contribution in [-0.2, 0) is 27.9 Å². The van der Waals surface area contributed by atoms with Gasteiger partial charge in [0.1, 0.15) is 19.3 Å². The van der Waals surface area contributed by atoms with Gasteiger partial charge in [-0.3, -0.25) is 13.8 Å². The molecular weight excluding hydrogens is 782 g/mol. The lowest BCUT2D eigenvalue weighted by Crippen LogP contribution is -2.37. The van der Waals surface area contributed by atoms with Gasteiger partial charge in [0.2, 0.25) is 0 Å². The zero-order valence-electron chi connectivity index (χ0n) is 40.1. The van der Waals surface area contributed by atoms with Gasteiger partial charge in [-0.2, -0.15) is 0 Å². The molecule has 61 heavy (non-hydrogen) atoms. The number of carbonyl (C=O) groups is 1. The van der Waals surface area contributed by atoms with Crippen LogP contribution in [-0.4, -0.2) is 75.6 Å². The average Bonchev–Trinajstić information content (AvgIpc) is 3.22. The minimum Gasteiger partial charge on any atom is -0.457 e. The molecule has 0 aromatic carbocycles. The van der Waals surface area contributed by atoms with E-state index in [1.54, 1.807) is 0 Å². The van der Waals surface area contributed by atoms with Crippen LogP contribution < -0.4 is 0 Å². The quantitative estimate of drug-likeness (QED) is 0.0214. The maximum absolute atomic E-state index is 12.7. The van der Waals surface area contributed by atoms with Crippen LogP contribution in [0.2, 0.25) is 0 Å². The van der Waals surface area contributed by atoms with E-state index in [9.17, 15) is 14.3 Å². The minimum absolute atomic E-state index is 0.0766. The van der Waals surface area contributed by atoms with Crippen LogP contribution in [0.5, 0.6) is 0 Å². The van der Waals surface area contributed by atoms with Crippen molar-refractivity contribution in [1.82, 2.24) is 0 Å². The molecule has 2 unspecified atom stereocenters. The normalized spacial score (nSPS) is 14.3. The fraction of sp³-hybridized carbons (Fsp3) is 0.750. The smallest absolute Gasteiger partial charge is 0.457 e. The number of ether oxygens (including phenoxy) is 2. The Morgan fingerprint density at radius 1 is 0.525 bits per heavy atom. The monoisotopic (exact) mass is 877 g/mol. The second kappa shape index (κ2) is 44.5. The van der Waals surface area contributed by atoms with Crippen molar-refractivity contribution in [2.24, 2.45) is 0 Å². The molecule has 0 aliphatic carbocycles. The summed E-state index contributed by atoms with van der Waals surface area (Å²) in [7, 11) is 1.63. The van der Waals surface area contributed by atoms with E-state index in [2.05, 4.69) is 86.8 Å². The highest BCUT2D eigenvalue weighted by molar-refractivity contribution is 7.47. The van der Waals surface area contributed by atoms with E-state index in [0.29, 0.717) is 24.1 Å². The number of quaternary nitrogens is 1. The van der Waals surface area contributed by atoms with E-state index in [-0.39, 0.29) is 25.8 Å². The first-order valence-electron chi connectivity index (χ1n) is 24.7. The van der Waals surface area contributed by atoms with Gasteiger partial charge in [-0.1, -0.05) is 177 Å². The van der Waals surface area contributed by atoms with E-state index in [1.165, 1.54) is 103 Å². The summed E-state index contributed by atoms with van der Waals surface area (Å²) in [6.45, 7) is 5.39. The van der Waals surface area contributed by atoms with Gasteiger partial charge in [0.15, 0.2) is 0 Å². The van der Waals surface area contributed by atoms with Gasteiger partial charge in [0, 0.05) is 13.0 Å². The summed E-state index contributed by atoms with van der Waals surface area (Å²) < 4.78 is 35.0. The lowest BCUT2D eigenvalue weighted by Gasteiger charge is -2.24. The first-order chi connectivity index (χ1) is 29.6. The highest BCUT2D eigenvalue weighted by Crippen LogP contribution is 2.43.